The third kappa shape index (κ3) is 4.07. The first-order valence-corrected chi connectivity index (χ1v) is 6.03. The second kappa shape index (κ2) is 5.95. The molecule has 3 nitrogen and oxygen atoms in total. The van der Waals surface area contributed by atoms with Crippen LogP contribution in [0, 0.1) is 3.57 Å². The predicted octanol–water partition coefficient (Wildman–Crippen LogP) is 3.21. The maximum Gasteiger partial charge on any atom is 0.319 e. The van der Waals surface area contributed by atoms with Gasteiger partial charge in [0.2, 0.25) is 0 Å². The van der Waals surface area contributed by atoms with Crippen molar-refractivity contribution in [2.24, 2.45) is 0 Å². The molecule has 0 bridgehead atoms. The molecule has 0 saturated carbocycles. The number of hydrogen-bond acceptors (Lipinski definition) is 1. The molecule has 15 heavy (non-hydrogen) atoms. The van der Waals surface area contributed by atoms with Crippen molar-refractivity contribution < 1.29 is 4.79 Å². The van der Waals surface area contributed by atoms with Gasteiger partial charge in [-0.05, 0) is 48.1 Å². The summed E-state index contributed by atoms with van der Waals surface area (Å²) in [6.07, 6.45) is 0.930. The van der Waals surface area contributed by atoms with Gasteiger partial charge in [-0.1, -0.05) is 19.1 Å². The Morgan fingerprint density at radius 2 is 2.13 bits per heavy atom. The molecule has 1 rings (SSSR count). The van der Waals surface area contributed by atoms with Crippen molar-refractivity contribution in [2.45, 2.75) is 26.3 Å². The Morgan fingerprint density at radius 3 is 2.73 bits per heavy atom. The number of halogens is 1. The number of carbonyl (C=O) groups is 1. The lowest BCUT2D eigenvalue weighted by Gasteiger charge is -2.13. The molecule has 1 aromatic rings. The predicted molar refractivity (Wildman–Crippen MR) is 71.1 cm³/mol. The minimum Gasteiger partial charge on any atom is -0.335 e. The Balaban J connectivity index is 2.55. The zero-order valence-electron chi connectivity index (χ0n) is 8.88. The average Bonchev–Trinajstić information content (AvgIpc) is 2.21. The lowest BCUT2D eigenvalue weighted by Crippen LogP contribution is -2.35. The first kappa shape index (κ1) is 12.3. The summed E-state index contributed by atoms with van der Waals surface area (Å²) in [5.41, 5.74) is 0.846. The van der Waals surface area contributed by atoms with Crippen LogP contribution in [0.4, 0.5) is 10.5 Å². The zero-order chi connectivity index (χ0) is 11.3. The van der Waals surface area contributed by atoms with Crippen molar-refractivity contribution in [2.75, 3.05) is 5.32 Å². The van der Waals surface area contributed by atoms with Crippen LogP contribution in [-0.4, -0.2) is 12.1 Å². The van der Waals surface area contributed by atoms with Gasteiger partial charge in [0.25, 0.3) is 0 Å². The highest BCUT2D eigenvalue weighted by molar-refractivity contribution is 14.1. The summed E-state index contributed by atoms with van der Waals surface area (Å²) >= 11 is 2.19. The van der Waals surface area contributed by atoms with Crippen LogP contribution in [0.5, 0.6) is 0 Å². The molecule has 0 radical (unpaired) electrons. The molecule has 0 saturated heterocycles. The number of benzene rings is 1. The van der Waals surface area contributed by atoms with Gasteiger partial charge in [-0.3, -0.25) is 0 Å². The van der Waals surface area contributed by atoms with Gasteiger partial charge in [0.15, 0.2) is 0 Å². The number of anilines is 1. The first-order chi connectivity index (χ1) is 7.13. The van der Waals surface area contributed by atoms with E-state index in [0.717, 1.165) is 15.7 Å². The Labute approximate surface area is 104 Å². The Bertz CT molecular complexity index is 341. The molecule has 82 valence electrons. The fourth-order valence-corrected chi connectivity index (χ4v) is 1.57. The number of carbonyl (C=O) groups excluding carboxylic acids is 1. The Hall–Kier alpha value is -0.780. The molecule has 0 aliphatic carbocycles. The molecule has 0 aliphatic rings. The maximum atomic E-state index is 11.5. The fourth-order valence-electron chi connectivity index (χ4n) is 1.05. The smallest absolute Gasteiger partial charge is 0.319 e. The van der Waals surface area contributed by atoms with Gasteiger partial charge >= 0.3 is 6.03 Å². The van der Waals surface area contributed by atoms with E-state index in [2.05, 4.69) is 33.2 Å². The molecule has 4 heteroatoms. The number of para-hydroxylation sites is 1. The van der Waals surface area contributed by atoms with Crippen LogP contribution in [-0.2, 0) is 0 Å². The summed E-state index contributed by atoms with van der Waals surface area (Å²) < 4.78 is 1.04. The molecule has 2 N–H and O–H groups in total. The van der Waals surface area contributed by atoms with Crippen molar-refractivity contribution in [3.63, 3.8) is 0 Å². The Kier molecular flexibility index (Phi) is 4.87. The highest BCUT2D eigenvalue weighted by Crippen LogP contribution is 2.16. The van der Waals surface area contributed by atoms with Crippen molar-refractivity contribution in [3.05, 3.63) is 27.8 Å². The van der Waals surface area contributed by atoms with Crippen molar-refractivity contribution in [1.29, 1.82) is 0 Å². The largest absolute Gasteiger partial charge is 0.335 e. The normalized spacial score (nSPS) is 11.9. The first-order valence-electron chi connectivity index (χ1n) is 4.95. The summed E-state index contributed by atoms with van der Waals surface area (Å²) in [6, 6.07) is 7.75. The summed E-state index contributed by atoms with van der Waals surface area (Å²) in [6.45, 7) is 4.02. The summed E-state index contributed by atoms with van der Waals surface area (Å²) in [5, 5.41) is 5.67. The number of nitrogens with one attached hydrogen (secondary N) is 2. The molecule has 1 aromatic carbocycles. The van der Waals surface area contributed by atoms with E-state index in [-0.39, 0.29) is 12.1 Å². The number of rotatable bonds is 3. The van der Waals surface area contributed by atoms with Gasteiger partial charge in [-0.25, -0.2) is 4.79 Å². The van der Waals surface area contributed by atoms with E-state index in [9.17, 15) is 4.79 Å². The molecule has 0 spiro atoms. The maximum absolute atomic E-state index is 11.5. The van der Waals surface area contributed by atoms with E-state index in [0.29, 0.717) is 0 Å². The summed E-state index contributed by atoms with van der Waals surface area (Å²) in [5.74, 6) is 0. The molecule has 0 fully saturated rings. The summed E-state index contributed by atoms with van der Waals surface area (Å²) in [4.78, 5) is 11.5. The zero-order valence-corrected chi connectivity index (χ0v) is 11.0. The van der Waals surface area contributed by atoms with E-state index in [1.165, 1.54) is 0 Å². The van der Waals surface area contributed by atoms with Gasteiger partial charge in [0.1, 0.15) is 0 Å². The quantitative estimate of drug-likeness (QED) is 0.826. The number of hydrogen-bond donors (Lipinski definition) is 2. The lowest BCUT2D eigenvalue weighted by molar-refractivity contribution is 0.249. The highest BCUT2D eigenvalue weighted by atomic mass is 127. The van der Waals surface area contributed by atoms with Crippen molar-refractivity contribution in [1.82, 2.24) is 5.32 Å². The topological polar surface area (TPSA) is 41.1 Å². The molecule has 1 atom stereocenters. The van der Waals surface area contributed by atoms with Crippen LogP contribution < -0.4 is 10.6 Å². The van der Waals surface area contributed by atoms with Crippen molar-refractivity contribution in [3.8, 4) is 0 Å². The van der Waals surface area contributed by atoms with E-state index < -0.39 is 0 Å². The number of amides is 2. The second-order valence-electron chi connectivity index (χ2n) is 3.39. The van der Waals surface area contributed by atoms with E-state index in [1.54, 1.807) is 0 Å². The minimum atomic E-state index is -0.145. The summed E-state index contributed by atoms with van der Waals surface area (Å²) in [7, 11) is 0. The third-order valence-electron chi connectivity index (χ3n) is 2.11. The SMILES string of the molecule is CCC(C)NC(=O)Nc1ccccc1I. The number of urea groups is 1. The molecular weight excluding hydrogens is 303 g/mol. The van der Waals surface area contributed by atoms with Gasteiger partial charge in [0.05, 0.1) is 5.69 Å². The standard InChI is InChI=1S/C11H15IN2O/c1-3-8(2)13-11(15)14-10-7-5-4-6-9(10)12/h4-8H,3H2,1-2H3,(H2,13,14,15). The Morgan fingerprint density at radius 1 is 1.47 bits per heavy atom. The minimum absolute atomic E-state index is 0.145. The fraction of sp³-hybridized carbons (Fsp3) is 0.364. The van der Waals surface area contributed by atoms with Crippen LogP contribution in [0.3, 0.4) is 0 Å². The van der Waals surface area contributed by atoms with Gasteiger partial charge in [-0.2, -0.15) is 0 Å². The molecule has 0 aliphatic heterocycles. The van der Waals surface area contributed by atoms with Crippen LogP contribution in [0.25, 0.3) is 0 Å². The van der Waals surface area contributed by atoms with E-state index in [1.807, 2.05) is 38.1 Å². The molecule has 2 amide bonds. The van der Waals surface area contributed by atoms with E-state index in [4.69, 9.17) is 0 Å². The average molecular weight is 318 g/mol. The van der Waals surface area contributed by atoms with Gasteiger partial charge < -0.3 is 10.6 Å². The molecular formula is C11H15IN2O. The third-order valence-corrected chi connectivity index (χ3v) is 3.05. The van der Waals surface area contributed by atoms with Crippen molar-refractivity contribution >= 4 is 34.3 Å². The molecule has 1 unspecified atom stereocenters. The highest BCUT2D eigenvalue weighted by Gasteiger charge is 2.06. The monoisotopic (exact) mass is 318 g/mol. The van der Waals surface area contributed by atoms with Crippen LogP contribution in [0.15, 0.2) is 24.3 Å². The van der Waals surface area contributed by atoms with Gasteiger partial charge in [0, 0.05) is 9.61 Å². The van der Waals surface area contributed by atoms with Crippen LogP contribution >= 0.6 is 22.6 Å². The molecule has 0 aromatic heterocycles. The van der Waals surface area contributed by atoms with Crippen LogP contribution in [0.1, 0.15) is 20.3 Å². The van der Waals surface area contributed by atoms with Crippen LogP contribution in [0.2, 0.25) is 0 Å². The second-order valence-corrected chi connectivity index (χ2v) is 4.55. The lowest BCUT2D eigenvalue weighted by atomic mass is 10.3. The molecule has 0 heterocycles. The van der Waals surface area contributed by atoms with E-state index >= 15 is 0 Å². The van der Waals surface area contributed by atoms with Gasteiger partial charge in [-0.15, -0.1) is 0 Å².